The van der Waals surface area contributed by atoms with Crippen molar-refractivity contribution < 1.29 is 28.6 Å². The number of carbonyl (C=O) groups is 3. The molecule has 10 nitrogen and oxygen atoms in total. The molecular weight excluding hydrogens is 452 g/mol. The maximum Gasteiger partial charge on any atom is 0.325 e. The Bertz CT molecular complexity index is 1130. The Hall–Kier alpha value is -3.95. The molecule has 3 aliphatic heterocycles. The van der Waals surface area contributed by atoms with Crippen LogP contribution in [0.5, 0.6) is 17.2 Å². The zero-order valence-electron chi connectivity index (χ0n) is 19.6. The van der Waals surface area contributed by atoms with Crippen molar-refractivity contribution >= 4 is 23.5 Å². The average Bonchev–Trinajstić information content (AvgIpc) is 3.46. The number of rotatable bonds is 7. The largest absolute Gasteiger partial charge is 0.495 e. The number of nitrogens with zero attached hydrogens (tertiary/aromatic N) is 3. The molecule has 0 aromatic heterocycles. The summed E-state index contributed by atoms with van der Waals surface area (Å²) in [4.78, 5) is 43.3. The molecule has 2 aromatic carbocycles. The summed E-state index contributed by atoms with van der Waals surface area (Å²) in [5.74, 6) is 1.73. The van der Waals surface area contributed by atoms with Gasteiger partial charge in [0.05, 0.1) is 19.3 Å². The third-order valence-electron chi connectivity index (χ3n) is 6.59. The van der Waals surface area contributed by atoms with Crippen LogP contribution in [0, 0.1) is 0 Å². The molecule has 2 saturated heterocycles. The van der Waals surface area contributed by atoms with Gasteiger partial charge in [0, 0.05) is 32.6 Å². The number of urea groups is 1. The predicted molar refractivity (Wildman–Crippen MR) is 126 cm³/mol. The molecule has 184 valence electrons. The van der Waals surface area contributed by atoms with E-state index in [0.29, 0.717) is 37.7 Å². The van der Waals surface area contributed by atoms with Crippen molar-refractivity contribution in [1.29, 1.82) is 0 Å². The second-order valence-corrected chi connectivity index (χ2v) is 8.69. The Kier molecular flexibility index (Phi) is 6.35. The molecule has 1 atom stereocenters. The maximum atomic E-state index is 12.8. The molecule has 5 rings (SSSR count). The van der Waals surface area contributed by atoms with Crippen LogP contribution in [0.4, 0.5) is 10.5 Å². The third kappa shape index (κ3) is 4.68. The van der Waals surface area contributed by atoms with Gasteiger partial charge in [0.15, 0.2) is 11.5 Å². The summed E-state index contributed by atoms with van der Waals surface area (Å²) in [6.45, 7) is 2.89. The summed E-state index contributed by atoms with van der Waals surface area (Å²) in [5.41, 5.74) is 1.78. The first kappa shape index (κ1) is 22.8. The van der Waals surface area contributed by atoms with E-state index < -0.39 is 12.1 Å². The zero-order valence-corrected chi connectivity index (χ0v) is 19.6. The molecule has 3 aliphatic rings. The number of hydrogen-bond acceptors (Lipinski definition) is 7. The molecule has 0 aliphatic carbocycles. The second-order valence-electron chi connectivity index (χ2n) is 8.69. The molecule has 4 amide bonds. The summed E-state index contributed by atoms with van der Waals surface area (Å²) in [6.07, 6.45) is 0.469. The minimum absolute atomic E-state index is 0.0130. The molecule has 0 spiro atoms. The monoisotopic (exact) mass is 480 g/mol. The van der Waals surface area contributed by atoms with Crippen molar-refractivity contribution in [1.82, 2.24) is 15.1 Å². The van der Waals surface area contributed by atoms with E-state index in [1.165, 1.54) is 4.90 Å². The highest BCUT2D eigenvalue weighted by atomic mass is 16.7. The van der Waals surface area contributed by atoms with E-state index in [9.17, 15) is 14.4 Å². The minimum Gasteiger partial charge on any atom is -0.495 e. The predicted octanol–water partition coefficient (Wildman–Crippen LogP) is 1.97. The van der Waals surface area contributed by atoms with Gasteiger partial charge in [-0.1, -0.05) is 18.2 Å². The molecular formula is C25H28N4O6. The first-order valence-corrected chi connectivity index (χ1v) is 11.7. The van der Waals surface area contributed by atoms with Gasteiger partial charge in [0.1, 0.15) is 11.8 Å². The Morgan fingerprint density at radius 3 is 2.63 bits per heavy atom. The number of nitrogens with one attached hydrogen (secondary N) is 1. The number of fused-ring (bicyclic) bond motifs is 1. The highest BCUT2D eigenvalue weighted by molar-refractivity contribution is 6.04. The van der Waals surface area contributed by atoms with Crippen molar-refractivity contribution in [3.63, 3.8) is 0 Å². The lowest BCUT2D eigenvalue weighted by atomic mass is 10.1. The lowest BCUT2D eigenvalue weighted by Gasteiger charge is -2.36. The van der Waals surface area contributed by atoms with Crippen LogP contribution in [0.3, 0.4) is 0 Å². The summed E-state index contributed by atoms with van der Waals surface area (Å²) in [7, 11) is 1.65. The molecule has 0 bridgehead atoms. The first-order chi connectivity index (χ1) is 17.0. The van der Waals surface area contributed by atoms with Crippen LogP contribution in [0.15, 0.2) is 42.5 Å². The molecule has 1 N–H and O–H groups in total. The summed E-state index contributed by atoms with van der Waals surface area (Å²) < 4.78 is 16.1. The average molecular weight is 481 g/mol. The number of para-hydroxylation sites is 2. The smallest absolute Gasteiger partial charge is 0.325 e. The van der Waals surface area contributed by atoms with Crippen molar-refractivity contribution in [3.05, 3.63) is 48.0 Å². The Labute approximate surface area is 203 Å². The van der Waals surface area contributed by atoms with Gasteiger partial charge in [-0.25, -0.2) is 4.79 Å². The topological polar surface area (TPSA) is 101 Å². The maximum absolute atomic E-state index is 12.8. The van der Waals surface area contributed by atoms with Crippen LogP contribution in [-0.4, -0.2) is 73.8 Å². The Balaban J connectivity index is 1.11. The second kappa shape index (κ2) is 9.73. The lowest BCUT2D eigenvalue weighted by Crippen LogP contribution is -2.49. The minimum atomic E-state index is -0.699. The fourth-order valence-corrected chi connectivity index (χ4v) is 4.66. The van der Waals surface area contributed by atoms with Crippen LogP contribution in [0.25, 0.3) is 0 Å². The van der Waals surface area contributed by atoms with Crippen LogP contribution in [0.1, 0.15) is 18.4 Å². The van der Waals surface area contributed by atoms with Crippen molar-refractivity contribution in [2.24, 2.45) is 0 Å². The highest BCUT2D eigenvalue weighted by Gasteiger charge is 2.38. The van der Waals surface area contributed by atoms with Gasteiger partial charge in [-0.2, -0.15) is 0 Å². The number of carbonyl (C=O) groups excluding carboxylic acids is 3. The summed E-state index contributed by atoms with van der Waals surface area (Å²) in [5, 5.41) is 2.71. The van der Waals surface area contributed by atoms with E-state index in [4.69, 9.17) is 14.2 Å². The van der Waals surface area contributed by atoms with Gasteiger partial charge in [0.25, 0.3) is 5.91 Å². The number of amides is 4. The zero-order chi connectivity index (χ0) is 24.4. The van der Waals surface area contributed by atoms with Crippen LogP contribution < -0.4 is 24.4 Å². The van der Waals surface area contributed by atoms with Crippen LogP contribution in [0.2, 0.25) is 0 Å². The third-order valence-corrected chi connectivity index (χ3v) is 6.59. The molecule has 0 unspecified atom stereocenters. The molecule has 10 heteroatoms. The molecule has 3 heterocycles. The van der Waals surface area contributed by atoms with Crippen molar-refractivity contribution in [2.45, 2.75) is 25.4 Å². The number of methoxy groups -OCH3 is 1. The number of piperazine rings is 1. The van der Waals surface area contributed by atoms with E-state index in [0.717, 1.165) is 17.0 Å². The number of hydrogen-bond donors (Lipinski definition) is 1. The van der Waals surface area contributed by atoms with Gasteiger partial charge in [-0.05, 0) is 36.2 Å². The van der Waals surface area contributed by atoms with Gasteiger partial charge < -0.3 is 29.3 Å². The Morgan fingerprint density at radius 1 is 1.06 bits per heavy atom. The SMILES string of the molecule is COc1ccccc1N1CCN(C(=O)CC[C@@H]2NC(=O)N(Cc3ccc4c(c3)OCO4)C2=O)CC1. The summed E-state index contributed by atoms with van der Waals surface area (Å²) in [6, 6.07) is 12.0. The van der Waals surface area contributed by atoms with E-state index >= 15 is 0 Å². The number of imide groups is 1. The fourth-order valence-electron chi connectivity index (χ4n) is 4.66. The van der Waals surface area contributed by atoms with Gasteiger partial charge in [0.2, 0.25) is 12.7 Å². The van der Waals surface area contributed by atoms with Crippen molar-refractivity contribution in [2.75, 3.05) is 45.0 Å². The van der Waals surface area contributed by atoms with Crippen LogP contribution >= 0.6 is 0 Å². The van der Waals surface area contributed by atoms with Crippen LogP contribution in [-0.2, 0) is 16.1 Å². The standard InChI is InChI=1S/C25H28N4O6/c1-33-20-5-3-2-4-19(20)27-10-12-28(13-11-27)23(30)9-7-18-24(31)29(25(32)26-18)15-17-6-8-21-22(14-17)35-16-34-21/h2-6,8,14,18H,7,9-13,15-16H2,1H3,(H,26,32)/t18-/m0/s1. The fraction of sp³-hybridized carbons (Fsp3) is 0.400. The molecule has 35 heavy (non-hydrogen) atoms. The lowest BCUT2D eigenvalue weighted by molar-refractivity contribution is -0.132. The first-order valence-electron chi connectivity index (χ1n) is 11.7. The van der Waals surface area contributed by atoms with E-state index in [1.807, 2.05) is 29.2 Å². The molecule has 0 saturated carbocycles. The molecule has 2 fully saturated rings. The van der Waals surface area contributed by atoms with E-state index in [2.05, 4.69) is 10.2 Å². The normalized spacial score (nSPS) is 19.2. The van der Waals surface area contributed by atoms with Gasteiger partial charge in [-0.3, -0.25) is 14.5 Å². The Morgan fingerprint density at radius 2 is 1.83 bits per heavy atom. The van der Waals surface area contributed by atoms with Gasteiger partial charge in [-0.15, -0.1) is 0 Å². The highest BCUT2D eigenvalue weighted by Crippen LogP contribution is 2.33. The molecule has 0 radical (unpaired) electrons. The molecule has 2 aromatic rings. The number of benzene rings is 2. The van der Waals surface area contributed by atoms with Gasteiger partial charge >= 0.3 is 6.03 Å². The number of ether oxygens (including phenoxy) is 3. The number of anilines is 1. The quantitative estimate of drug-likeness (QED) is 0.605. The van der Waals surface area contributed by atoms with E-state index in [1.54, 1.807) is 25.3 Å². The van der Waals surface area contributed by atoms with E-state index in [-0.39, 0.29) is 38.0 Å². The van der Waals surface area contributed by atoms with Crippen molar-refractivity contribution in [3.8, 4) is 17.2 Å². The summed E-state index contributed by atoms with van der Waals surface area (Å²) >= 11 is 0.